The van der Waals surface area contributed by atoms with Crippen LogP contribution in [0.2, 0.25) is 0 Å². The number of carboxylic acid groups (broad SMARTS) is 1. The molecule has 0 aliphatic heterocycles. The van der Waals surface area contributed by atoms with Crippen LogP contribution < -0.4 is 0 Å². The van der Waals surface area contributed by atoms with Gasteiger partial charge < -0.3 is 9.84 Å². The summed E-state index contributed by atoms with van der Waals surface area (Å²) in [6, 6.07) is 0. The first-order chi connectivity index (χ1) is 5.57. The van der Waals surface area contributed by atoms with Crippen LogP contribution in [0, 0.1) is 0 Å². The van der Waals surface area contributed by atoms with Crippen molar-refractivity contribution in [1.82, 2.24) is 0 Å². The fourth-order valence-corrected chi connectivity index (χ4v) is 0.359. The lowest BCUT2D eigenvalue weighted by molar-refractivity contribution is -0.317. The van der Waals surface area contributed by atoms with E-state index in [1.165, 1.54) is 0 Å². The summed E-state index contributed by atoms with van der Waals surface area (Å²) in [4.78, 5) is 9.41. The first kappa shape index (κ1) is 11.8. The molecule has 1 atom stereocenters. The summed E-state index contributed by atoms with van der Waals surface area (Å²) in [6.45, 7) is 0. The molecule has 0 radical (unpaired) electrons. The molecule has 0 saturated carbocycles. The summed E-state index contributed by atoms with van der Waals surface area (Å²) in [6.07, 6.45) is -18.7. The molecule has 0 spiro atoms. The third-order valence-electron chi connectivity index (χ3n) is 0.806. The van der Waals surface area contributed by atoms with Gasteiger partial charge in [-0.3, -0.25) is 0 Å². The fourth-order valence-electron chi connectivity index (χ4n) is 0.359. The number of hydrogen-bond acceptors (Lipinski definition) is 2. The maximum atomic E-state index is 11.9. The number of carbonyl (C=O) groups is 1. The summed E-state index contributed by atoms with van der Waals surface area (Å²) in [5, 5.41) is 7.53. The van der Waals surface area contributed by atoms with Gasteiger partial charge in [0.25, 0.3) is 6.17 Å². The van der Waals surface area contributed by atoms with Gasteiger partial charge in [0.05, 0.1) is 0 Å². The smallest absolute Gasteiger partial charge is 0.450 e. The van der Waals surface area contributed by atoms with Crippen LogP contribution in [0.5, 0.6) is 0 Å². The lowest BCUT2D eigenvalue weighted by Gasteiger charge is -2.20. The quantitative estimate of drug-likeness (QED) is 0.563. The van der Waals surface area contributed by atoms with Gasteiger partial charge in [-0.1, -0.05) is 0 Å². The average Bonchev–Trinajstić information content (AvgIpc) is 1.80. The van der Waals surface area contributed by atoms with Crippen molar-refractivity contribution >= 4 is 6.16 Å². The number of alkyl halides is 6. The van der Waals surface area contributed by atoms with E-state index in [0.717, 1.165) is 0 Å². The summed E-state index contributed by atoms with van der Waals surface area (Å²) in [7, 11) is 0. The van der Waals surface area contributed by atoms with Gasteiger partial charge in [0.1, 0.15) is 0 Å². The first-order valence-electron chi connectivity index (χ1n) is 2.58. The van der Waals surface area contributed by atoms with Gasteiger partial charge in [-0.15, -0.1) is 0 Å². The van der Waals surface area contributed by atoms with Crippen molar-refractivity contribution in [3.8, 4) is 0 Å². The van der Waals surface area contributed by atoms with Gasteiger partial charge >= 0.3 is 18.4 Å². The maximum Gasteiger partial charge on any atom is 0.510 e. The Balaban J connectivity index is 4.54. The molecule has 0 fully saturated rings. The summed E-state index contributed by atoms with van der Waals surface area (Å²) < 4.78 is 71.7. The van der Waals surface area contributed by atoms with Crippen molar-refractivity contribution < 1.29 is 41.0 Å². The number of ether oxygens (including phenoxy) is 1. The maximum absolute atomic E-state index is 11.9. The van der Waals surface area contributed by atoms with Crippen LogP contribution in [0.1, 0.15) is 0 Å². The monoisotopic (exact) mass is 212 g/mol. The van der Waals surface area contributed by atoms with E-state index in [4.69, 9.17) is 5.11 Å². The summed E-state index contributed by atoms with van der Waals surface area (Å²) >= 11 is 0. The van der Waals surface area contributed by atoms with Gasteiger partial charge in [-0.2, -0.15) is 22.0 Å². The second-order valence-electron chi connectivity index (χ2n) is 1.83. The zero-order chi connectivity index (χ0) is 10.9. The van der Waals surface area contributed by atoms with E-state index in [9.17, 15) is 31.1 Å². The normalized spacial score (nSPS) is 15.2. The Bertz CT molecular complexity index is 199. The molecule has 9 heteroatoms. The Morgan fingerprint density at radius 2 is 1.62 bits per heavy atom. The molecular weight excluding hydrogens is 210 g/mol. The number of rotatable bonds is 2. The molecule has 0 saturated heterocycles. The molecule has 0 aromatic heterocycles. The second-order valence-corrected chi connectivity index (χ2v) is 1.83. The molecule has 0 rings (SSSR count). The first-order valence-corrected chi connectivity index (χ1v) is 2.58. The van der Waals surface area contributed by atoms with Gasteiger partial charge in [0.15, 0.2) is 0 Å². The van der Waals surface area contributed by atoms with Crippen molar-refractivity contribution in [3.63, 3.8) is 0 Å². The highest BCUT2D eigenvalue weighted by Gasteiger charge is 2.60. The number of hydrogen-bond donors (Lipinski definition) is 1. The summed E-state index contributed by atoms with van der Waals surface area (Å²) in [5.41, 5.74) is 0. The van der Waals surface area contributed by atoms with Crippen LogP contribution in [-0.4, -0.2) is 29.7 Å². The SMILES string of the molecule is O=C(O)OC(F)(F)C(F)C(F)(F)F. The minimum absolute atomic E-state index is 2.41. The molecule has 1 unspecified atom stereocenters. The Morgan fingerprint density at radius 1 is 1.23 bits per heavy atom. The van der Waals surface area contributed by atoms with Crippen LogP contribution in [0.4, 0.5) is 31.1 Å². The molecule has 0 aromatic rings. The van der Waals surface area contributed by atoms with E-state index in [1.54, 1.807) is 0 Å². The molecule has 1 N–H and O–H groups in total. The van der Waals surface area contributed by atoms with Crippen LogP contribution >= 0.6 is 0 Å². The Morgan fingerprint density at radius 3 is 1.85 bits per heavy atom. The fraction of sp³-hybridized carbons (Fsp3) is 0.750. The predicted octanol–water partition coefficient (Wildman–Crippen LogP) is 2.17. The van der Waals surface area contributed by atoms with Crippen molar-refractivity contribution in [2.75, 3.05) is 0 Å². The molecule has 0 aromatic carbocycles. The van der Waals surface area contributed by atoms with E-state index >= 15 is 0 Å². The van der Waals surface area contributed by atoms with Crippen LogP contribution in [0.25, 0.3) is 0 Å². The van der Waals surface area contributed by atoms with Gasteiger partial charge in [-0.25, -0.2) is 9.18 Å². The average molecular weight is 212 g/mol. The highest BCUT2D eigenvalue weighted by atomic mass is 19.4. The van der Waals surface area contributed by atoms with Crippen LogP contribution in [0.3, 0.4) is 0 Å². The van der Waals surface area contributed by atoms with Crippen LogP contribution in [-0.2, 0) is 4.74 Å². The molecule has 0 aliphatic carbocycles. The summed E-state index contributed by atoms with van der Waals surface area (Å²) in [5.74, 6) is 0. The number of halogens is 6. The molecule has 13 heavy (non-hydrogen) atoms. The molecule has 3 nitrogen and oxygen atoms in total. The van der Waals surface area contributed by atoms with Crippen molar-refractivity contribution in [2.45, 2.75) is 18.5 Å². The van der Waals surface area contributed by atoms with Crippen molar-refractivity contribution in [3.05, 3.63) is 0 Å². The standard InChI is InChI=1S/C4H2F6O3/c5-1(3(6,7)8)4(9,10)13-2(11)12/h1H,(H,11,12). The van der Waals surface area contributed by atoms with Crippen LogP contribution in [0.15, 0.2) is 0 Å². The largest absolute Gasteiger partial charge is 0.510 e. The molecule has 0 amide bonds. The van der Waals surface area contributed by atoms with E-state index in [0.29, 0.717) is 0 Å². The Labute approximate surface area is 66.9 Å². The zero-order valence-electron chi connectivity index (χ0n) is 5.61. The van der Waals surface area contributed by atoms with E-state index in [-0.39, 0.29) is 0 Å². The third kappa shape index (κ3) is 3.38. The van der Waals surface area contributed by atoms with Gasteiger partial charge in [-0.05, 0) is 0 Å². The highest BCUT2D eigenvalue weighted by molar-refractivity contribution is 5.57. The van der Waals surface area contributed by atoms with E-state index in [1.807, 2.05) is 0 Å². The second kappa shape index (κ2) is 3.30. The van der Waals surface area contributed by atoms with Gasteiger partial charge in [0, 0.05) is 0 Å². The Hall–Kier alpha value is -1.15. The molecule has 78 valence electrons. The molecule has 0 bridgehead atoms. The topological polar surface area (TPSA) is 46.5 Å². The minimum atomic E-state index is -5.88. The third-order valence-corrected chi connectivity index (χ3v) is 0.806. The van der Waals surface area contributed by atoms with E-state index in [2.05, 4.69) is 4.74 Å². The Kier molecular flexibility index (Phi) is 3.01. The lowest BCUT2D eigenvalue weighted by Crippen LogP contribution is -2.44. The molecule has 0 aliphatic rings. The molecule has 0 heterocycles. The van der Waals surface area contributed by atoms with E-state index < -0.39 is 24.6 Å². The highest BCUT2D eigenvalue weighted by Crippen LogP contribution is 2.35. The minimum Gasteiger partial charge on any atom is -0.450 e. The zero-order valence-corrected chi connectivity index (χ0v) is 5.61. The predicted molar refractivity (Wildman–Crippen MR) is 25.0 cm³/mol. The van der Waals surface area contributed by atoms with Crippen molar-refractivity contribution in [1.29, 1.82) is 0 Å². The molecular formula is C4H2F6O3. The van der Waals surface area contributed by atoms with Gasteiger partial charge in [0.2, 0.25) is 0 Å². The van der Waals surface area contributed by atoms with Crippen molar-refractivity contribution in [2.24, 2.45) is 0 Å². The lowest BCUT2D eigenvalue weighted by atomic mass is 10.3.